The van der Waals surface area contributed by atoms with E-state index in [2.05, 4.69) is 21.3 Å². The molecule has 0 radical (unpaired) electrons. The molecule has 42 heavy (non-hydrogen) atoms. The van der Waals surface area contributed by atoms with Crippen LogP contribution in [0.2, 0.25) is 0 Å². The number of nitrogens with zero attached hydrogens (tertiary/aromatic N) is 1. The van der Waals surface area contributed by atoms with Crippen LogP contribution in [-0.4, -0.2) is 90.6 Å². The zero-order chi connectivity index (χ0) is 30.7. The van der Waals surface area contributed by atoms with Gasteiger partial charge in [-0.2, -0.15) is 0 Å². The SMILES string of the molecule is CC(C)(C)[C@H](NC(=O)NC1(CS(=O)[O-])CCCCC1)C(O)N1CCC[C@H]1C(=O)NC(CC1CC1)C(=O)C(=O)NC1CC1. The smallest absolute Gasteiger partial charge is 0.315 e. The first kappa shape index (κ1) is 32.8. The summed E-state index contributed by atoms with van der Waals surface area (Å²) in [5, 5.41) is 22.9. The molecule has 0 bridgehead atoms. The molecule has 1 saturated heterocycles. The molecule has 4 fully saturated rings. The van der Waals surface area contributed by atoms with E-state index in [1.54, 1.807) is 4.90 Å². The Morgan fingerprint density at radius 1 is 1.00 bits per heavy atom. The van der Waals surface area contributed by atoms with Crippen LogP contribution in [0.3, 0.4) is 0 Å². The third-order valence-corrected chi connectivity index (χ3v) is 9.86. The lowest BCUT2D eigenvalue weighted by molar-refractivity contribution is -0.141. The van der Waals surface area contributed by atoms with Gasteiger partial charge in [-0.1, -0.05) is 64.0 Å². The maximum Gasteiger partial charge on any atom is 0.315 e. The fourth-order valence-corrected chi connectivity index (χ4v) is 7.14. The number of aliphatic hydroxyl groups is 1. The molecule has 12 nitrogen and oxygen atoms in total. The summed E-state index contributed by atoms with van der Waals surface area (Å²) in [5.74, 6) is -1.57. The van der Waals surface area contributed by atoms with Gasteiger partial charge in [-0.25, -0.2) is 4.79 Å². The third kappa shape index (κ3) is 8.96. The number of ketones is 1. The molecular formula is C29H48N5O7S-. The van der Waals surface area contributed by atoms with Crippen molar-refractivity contribution in [3.63, 3.8) is 0 Å². The third-order valence-electron chi connectivity index (χ3n) is 9.07. The monoisotopic (exact) mass is 610 g/mol. The molecule has 0 aromatic rings. The number of aliphatic hydroxyl groups excluding tert-OH is 1. The molecular weight excluding hydrogens is 562 g/mol. The van der Waals surface area contributed by atoms with Gasteiger partial charge in [0.05, 0.1) is 23.7 Å². The van der Waals surface area contributed by atoms with E-state index in [4.69, 9.17) is 0 Å². The maximum atomic E-state index is 13.5. The molecule has 3 saturated carbocycles. The summed E-state index contributed by atoms with van der Waals surface area (Å²) in [7, 11) is 0. The molecule has 5 N–H and O–H groups in total. The van der Waals surface area contributed by atoms with Gasteiger partial charge in [-0.15, -0.1) is 0 Å². The predicted molar refractivity (Wildman–Crippen MR) is 156 cm³/mol. The van der Waals surface area contributed by atoms with Crippen molar-refractivity contribution in [3.05, 3.63) is 0 Å². The van der Waals surface area contributed by atoms with Crippen LogP contribution in [0.25, 0.3) is 0 Å². The first-order valence-electron chi connectivity index (χ1n) is 15.5. The fourth-order valence-electron chi connectivity index (χ4n) is 6.32. The molecule has 3 unspecified atom stereocenters. The number of rotatable bonds is 13. The van der Waals surface area contributed by atoms with Gasteiger partial charge in [0.25, 0.3) is 5.91 Å². The second-order valence-electron chi connectivity index (χ2n) is 13.9. The van der Waals surface area contributed by atoms with E-state index >= 15 is 0 Å². The fraction of sp³-hybridized carbons (Fsp3) is 0.862. The Labute approximate surface area is 251 Å². The summed E-state index contributed by atoms with van der Waals surface area (Å²) < 4.78 is 23.2. The van der Waals surface area contributed by atoms with Crippen molar-refractivity contribution in [2.75, 3.05) is 12.3 Å². The number of urea groups is 1. The quantitative estimate of drug-likeness (QED) is 0.152. The first-order chi connectivity index (χ1) is 19.8. The summed E-state index contributed by atoms with van der Waals surface area (Å²) in [6.45, 7) is 6.03. The van der Waals surface area contributed by atoms with E-state index in [9.17, 15) is 33.0 Å². The van der Waals surface area contributed by atoms with Crippen molar-refractivity contribution in [1.82, 2.24) is 26.2 Å². The van der Waals surface area contributed by atoms with Crippen molar-refractivity contribution in [2.24, 2.45) is 11.3 Å². The highest BCUT2D eigenvalue weighted by Crippen LogP contribution is 2.34. The Hall–Kier alpha value is -2.09. The average molecular weight is 611 g/mol. The minimum Gasteiger partial charge on any atom is -0.772 e. The number of likely N-dealkylation sites (tertiary alicyclic amines) is 1. The van der Waals surface area contributed by atoms with Crippen molar-refractivity contribution in [3.8, 4) is 0 Å². The topological polar surface area (TPSA) is 180 Å². The van der Waals surface area contributed by atoms with Crippen LogP contribution in [0.5, 0.6) is 0 Å². The molecule has 4 rings (SSSR count). The molecule has 238 valence electrons. The molecule has 0 aromatic heterocycles. The largest absolute Gasteiger partial charge is 0.772 e. The van der Waals surface area contributed by atoms with Crippen molar-refractivity contribution >= 4 is 34.7 Å². The lowest BCUT2D eigenvalue weighted by Crippen LogP contribution is -2.64. The minimum absolute atomic E-state index is 0.0358. The normalized spacial score (nSPS) is 25.5. The average Bonchev–Trinajstić information content (AvgIpc) is 3.84. The van der Waals surface area contributed by atoms with E-state index in [1.807, 2.05) is 20.8 Å². The van der Waals surface area contributed by atoms with Gasteiger partial charge in [-0.3, -0.25) is 23.5 Å². The van der Waals surface area contributed by atoms with Crippen LogP contribution in [0.15, 0.2) is 0 Å². The standard InChI is InChI=1S/C29H49N5O7S/c1-28(2,3)23(32-27(39)33-29(17-42(40)41)13-5-4-6-14-29)26(38)34-15-7-8-21(34)24(36)31-20(16-18-9-10-18)22(35)25(37)30-19-11-12-19/h18-21,23,26,38H,4-17H2,1-3H3,(H,30,37)(H,31,36)(H,40,41)(H2,32,33,39)/p-1/t20?,21-,23+,26?/m0/s1. The van der Waals surface area contributed by atoms with Crippen LogP contribution in [0.4, 0.5) is 4.79 Å². The number of Topliss-reactive ketones (excluding diaryl/α,β-unsaturated/α-hetero) is 1. The Morgan fingerprint density at radius 3 is 2.24 bits per heavy atom. The number of carbonyl (C=O) groups excluding carboxylic acids is 4. The summed E-state index contributed by atoms with van der Waals surface area (Å²) in [4.78, 5) is 53.9. The predicted octanol–water partition coefficient (Wildman–Crippen LogP) is 1.20. The molecule has 1 aliphatic heterocycles. The van der Waals surface area contributed by atoms with Gasteiger partial charge in [-0.05, 0) is 56.3 Å². The number of hydrogen-bond donors (Lipinski definition) is 5. The van der Waals surface area contributed by atoms with Gasteiger partial charge < -0.3 is 30.9 Å². The molecule has 3 aliphatic carbocycles. The van der Waals surface area contributed by atoms with Gasteiger partial charge in [0.15, 0.2) is 0 Å². The van der Waals surface area contributed by atoms with E-state index in [-0.39, 0.29) is 11.8 Å². The number of amides is 4. The summed E-state index contributed by atoms with van der Waals surface area (Å²) in [6, 6.07) is -2.96. The lowest BCUT2D eigenvalue weighted by atomic mass is 9.83. The summed E-state index contributed by atoms with van der Waals surface area (Å²) >= 11 is -2.32. The van der Waals surface area contributed by atoms with Crippen LogP contribution < -0.4 is 21.3 Å². The molecule has 5 atom stereocenters. The van der Waals surface area contributed by atoms with E-state index in [0.717, 1.165) is 44.9 Å². The second kappa shape index (κ2) is 13.7. The van der Waals surface area contributed by atoms with Crippen LogP contribution in [-0.2, 0) is 25.5 Å². The Morgan fingerprint density at radius 2 is 1.67 bits per heavy atom. The number of carbonyl (C=O) groups is 4. The van der Waals surface area contributed by atoms with Gasteiger partial charge in [0.1, 0.15) is 6.23 Å². The maximum absolute atomic E-state index is 13.5. The molecule has 0 aromatic carbocycles. The number of hydrogen-bond acceptors (Lipinski definition) is 8. The molecule has 0 spiro atoms. The molecule has 4 amide bonds. The Bertz CT molecular complexity index is 1040. The molecule has 4 aliphatic rings. The van der Waals surface area contributed by atoms with E-state index < -0.39 is 70.0 Å². The highest BCUT2D eigenvalue weighted by molar-refractivity contribution is 7.79. The zero-order valence-electron chi connectivity index (χ0n) is 25.1. The first-order valence-corrected chi connectivity index (χ1v) is 16.8. The van der Waals surface area contributed by atoms with Crippen LogP contribution in [0, 0.1) is 11.3 Å². The van der Waals surface area contributed by atoms with Crippen LogP contribution in [0.1, 0.15) is 97.8 Å². The van der Waals surface area contributed by atoms with Gasteiger partial charge in [0.2, 0.25) is 11.7 Å². The second-order valence-corrected chi connectivity index (χ2v) is 14.8. The summed E-state index contributed by atoms with van der Waals surface area (Å²) in [6.07, 6.45) is 7.67. The Kier molecular flexibility index (Phi) is 10.7. The van der Waals surface area contributed by atoms with E-state index in [1.165, 1.54) is 0 Å². The van der Waals surface area contributed by atoms with Gasteiger partial charge in [0, 0.05) is 18.3 Å². The Balaban J connectivity index is 1.43. The number of nitrogens with one attached hydrogen (secondary N) is 4. The summed E-state index contributed by atoms with van der Waals surface area (Å²) in [5.41, 5.74) is -1.47. The van der Waals surface area contributed by atoms with Crippen molar-refractivity contribution in [2.45, 2.75) is 134 Å². The van der Waals surface area contributed by atoms with Crippen LogP contribution >= 0.6 is 0 Å². The van der Waals surface area contributed by atoms with Crippen molar-refractivity contribution in [1.29, 1.82) is 0 Å². The zero-order valence-corrected chi connectivity index (χ0v) is 25.9. The highest BCUT2D eigenvalue weighted by atomic mass is 32.2. The van der Waals surface area contributed by atoms with E-state index in [0.29, 0.717) is 44.6 Å². The van der Waals surface area contributed by atoms with Gasteiger partial charge >= 0.3 is 6.03 Å². The highest BCUT2D eigenvalue weighted by Gasteiger charge is 2.45. The van der Waals surface area contributed by atoms with Crippen molar-refractivity contribution < 1.29 is 33.0 Å². The lowest BCUT2D eigenvalue weighted by Gasteiger charge is -2.43. The molecule has 13 heteroatoms. The molecule has 1 heterocycles. The minimum atomic E-state index is -2.32.